The van der Waals surface area contributed by atoms with Crippen LogP contribution in [0.1, 0.15) is 12.8 Å². The Balaban J connectivity index is 2.84. The first kappa shape index (κ1) is 10.2. The van der Waals surface area contributed by atoms with E-state index in [1.54, 1.807) is 0 Å². The molecular formula is C6H13N3O2. The topological polar surface area (TPSA) is 78.2 Å². The van der Waals surface area contributed by atoms with Crippen LogP contribution >= 0.6 is 0 Å². The summed E-state index contributed by atoms with van der Waals surface area (Å²) in [5, 5.41) is 11.7. The average molecular weight is 159 g/mol. The van der Waals surface area contributed by atoms with Crippen molar-refractivity contribution >= 4 is 0 Å². The average Bonchev–Trinajstić information content (AvgIpc) is 2.03. The largest absolute Gasteiger partial charge is 0.396 e. The maximum absolute atomic E-state index is 8.38. The molecule has 64 valence electrons. The molecule has 0 bridgehead atoms. The van der Waals surface area contributed by atoms with E-state index < -0.39 is 0 Å². The van der Waals surface area contributed by atoms with Crippen molar-refractivity contribution in [1.82, 2.24) is 0 Å². The normalized spacial score (nSPS) is 9.18. The molecule has 0 spiro atoms. The fraction of sp³-hybridized carbons (Fsp3) is 1.00. The molecule has 5 nitrogen and oxygen atoms in total. The third-order valence-electron chi connectivity index (χ3n) is 1.10. The quantitative estimate of drug-likeness (QED) is 0.261. The third-order valence-corrected chi connectivity index (χ3v) is 1.10. The molecule has 0 atom stereocenters. The molecule has 0 aliphatic heterocycles. The summed E-state index contributed by atoms with van der Waals surface area (Å²) in [6, 6.07) is 0. The number of hydrogen-bond acceptors (Lipinski definition) is 3. The van der Waals surface area contributed by atoms with Gasteiger partial charge in [0.05, 0.1) is 6.61 Å². The first-order chi connectivity index (χ1) is 5.41. The molecule has 0 aliphatic carbocycles. The maximum atomic E-state index is 8.38. The van der Waals surface area contributed by atoms with Crippen LogP contribution in [0, 0.1) is 0 Å². The second kappa shape index (κ2) is 9.23. The van der Waals surface area contributed by atoms with Gasteiger partial charge in [-0.2, -0.15) is 0 Å². The molecule has 0 saturated heterocycles. The van der Waals surface area contributed by atoms with Crippen molar-refractivity contribution in [1.29, 1.82) is 0 Å². The van der Waals surface area contributed by atoms with Crippen molar-refractivity contribution in [2.75, 3.05) is 26.4 Å². The minimum Gasteiger partial charge on any atom is -0.396 e. The van der Waals surface area contributed by atoms with Gasteiger partial charge in [-0.3, -0.25) is 0 Å². The van der Waals surface area contributed by atoms with E-state index in [1.807, 2.05) is 0 Å². The predicted molar refractivity (Wildman–Crippen MR) is 41.2 cm³/mol. The van der Waals surface area contributed by atoms with Crippen molar-refractivity contribution < 1.29 is 9.84 Å². The van der Waals surface area contributed by atoms with E-state index in [4.69, 9.17) is 15.4 Å². The second-order valence-corrected chi connectivity index (χ2v) is 2.00. The van der Waals surface area contributed by atoms with Gasteiger partial charge >= 0.3 is 0 Å². The molecule has 0 amide bonds. The van der Waals surface area contributed by atoms with Crippen molar-refractivity contribution in [3.05, 3.63) is 10.4 Å². The van der Waals surface area contributed by atoms with E-state index in [1.165, 1.54) is 0 Å². The molecule has 0 aliphatic rings. The highest BCUT2D eigenvalue weighted by molar-refractivity contribution is 4.44. The SMILES string of the molecule is [N-]=[N+]=NCCOCCCCO. The number of aliphatic hydroxyl groups is 1. The van der Waals surface area contributed by atoms with Crippen molar-refractivity contribution in [3.63, 3.8) is 0 Å². The smallest absolute Gasteiger partial charge is 0.0522 e. The fourth-order valence-corrected chi connectivity index (χ4v) is 0.568. The van der Waals surface area contributed by atoms with Crippen molar-refractivity contribution in [3.8, 4) is 0 Å². The number of aliphatic hydroxyl groups excluding tert-OH is 1. The van der Waals surface area contributed by atoms with Gasteiger partial charge in [0.25, 0.3) is 0 Å². The van der Waals surface area contributed by atoms with Gasteiger partial charge in [0, 0.05) is 24.7 Å². The summed E-state index contributed by atoms with van der Waals surface area (Å²) >= 11 is 0. The zero-order chi connectivity index (χ0) is 8.36. The molecule has 0 saturated carbocycles. The van der Waals surface area contributed by atoms with Crippen LogP contribution in [0.2, 0.25) is 0 Å². The van der Waals surface area contributed by atoms with Gasteiger partial charge in [-0.15, -0.1) is 0 Å². The lowest BCUT2D eigenvalue weighted by Gasteiger charge is -1.99. The maximum Gasteiger partial charge on any atom is 0.0522 e. The Morgan fingerprint density at radius 2 is 2.18 bits per heavy atom. The number of hydrogen-bond donors (Lipinski definition) is 1. The molecule has 0 fully saturated rings. The Kier molecular flexibility index (Phi) is 8.58. The molecule has 0 radical (unpaired) electrons. The molecule has 0 unspecified atom stereocenters. The first-order valence-electron chi connectivity index (χ1n) is 3.61. The van der Waals surface area contributed by atoms with Crippen molar-refractivity contribution in [2.24, 2.45) is 5.11 Å². The Morgan fingerprint density at radius 3 is 2.82 bits per heavy atom. The molecule has 0 heterocycles. The summed E-state index contributed by atoms with van der Waals surface area (Å²) in [5.41, 5.74) is 7.88. The van der Waals surface area contributed by atoms with E-state index >= 15 is 0 Å². The predicted octanol–water partition coefficient (Wildman–Crippen LogP) is 1.09. The summed E-state index contributed by atoms with van der Waals surface area (Å²) in [6.45, 7) is 1.69. The number of azide groups is 1. The standard InChI is InChI=1S/C6H13N3O2/c7-9-8-3-6-11-5-2-1-4-10/h10H,1-6H2. The lowest BCUT2D eigenvalue weighted by Crippen LogP contribution is -2.00. The fourth-order valence-electron chi connectivity index (χ4n) is 0.568. The number of unbranched alkanes of at least 4 members (excludes halogenated alkanes) is 1. The first-order valence-corrected chi connectivity index (χ1v) is 3.61. The molecule has 0 aromatic heterocycles. The van der Waals surface area contributed by atoms with Gasteiger partial charge in [-0.05, 0) is 18.4 Å². The molecule has 0 aromatic carbocycles. The molecular weight excluding hydrogens is 146 g/mol. The van der Waals surface area contributed by atoms with Gasteiger partial charge in [-0.1, -0.05) is 5.11 Å². The summed E-state index contributed by atoms with van der Waals surface area (Å²) in [5.74, 6) is 0. The molecule has 11 heavy (non-hydrogen) atoms. The van der Waals surface area contributed by atoms with Crippen LogP contribution < -0.4 is 0 Å². The third kappa shape index (κ3) is 9.23. The zero-order valence-electron chi connectivity index (χ0n) is 6.44. The number of nitrogens with zero attached hydrogens (tertiary/aromatic N) is 3. The van der Waals surface area contributed by atoms with E-state index in [0.29, 0.717) is 19.8 Å². The molecule has 0 rings (SSSR count). The van der Waals surface area contributed by atoms with E-state index in [9.17, 15) is 0 Å². The molecule has 5 heteroatoms. The van der Waals surface area contributed by atoms with E-state index in [0.717, 1.165) is 12.8 Å². The minimum absolute atomic E-state index is 0.208. The number of ether oxygens (including phenoxy) is 1. The van der Waals surface area contributed by atoms with E-state index in [-0.39, 0.29) is 6.61 Å². The molecule has 1 N–H and O–H groups in total. The van der Waals surface area contributed by atoms with Crippen LogP contribution in [0.15, 0.2) is 5.11 Å². The van der Waals surface area contributed by atoms with Crippen molar-refractivity contribution in [2.45, 2.75) is 12.8 Å². The van der Waals surface area contributed by atoms with Crippen LogP contribution in [0.3, 0.4) is 0 Å². The van der Waals surface area contributed by atoms with Gasteiger partial charge in [0.15, 0.2) is 0 Å². The Bertz CT molecular complexity index is 123. The summed E-state index contributed by atoms with van der Waals surface area (Å²) in [6.07, 6.45) is 1.62. The van der Waals surface area contributed by atoms with E-state index in [2.05, 4.69) is 10.0 Å². The lowest BCUT2D eigenvalue weighted by molar-refractivity contribution is 0.132. The van der Waals surface area contributed by atoms with Crippen LogP contribution in [0.5, 0.6) is 0 Å². The minimum atomic E-state index is 0.208. The monoisotopic (exact) mass is 159 g/mol. The summed E-state index contributed by atoms with van der Waals surface area (Å²) in [7, 11) is 0. The zero-order valence-corrected chi connectivity index (χ0v) is 6.44. The highest BCUT2D eigenvalue weighted by atomic mass is 16.5. The van der Waals surface area contributed by atoms with Crippen LogP contribution in [0.4, 0.5) is 0 Å². The highest BCUT2D eigenvalue weighted by Crippen LogP contribution is 1.88. The van der Waals surface area contributed by atoms with Gasteiger partial charge in [0.1, 0.15) is 0 Å². The summed E-state index contributed by atoms with van der Waals surface area (Å²) < 4.78 is 5.06. The van der Waals surface area contributed by atoms with Crippen LogP contribution in [-0.4, -0.2) is 31.5 Å². The van der Waals surface area contributed by atoms with Gasteiger partial charge < -0.3 is 9.84 Å². The summed E-state index contributed by atoms with van der Waals surface area (Å²) in [4.78, 5) is 2.57. The Labute approximate surface area is 65.6 Å². The van der Waals surface area contributed by atoms with Gasteiger partial charge in [-0.25, -0.2) is 0 Å². The Morgan fingerprint density at radius 1 is 1.36 bits per heavy atom. The Hall–Kier alpha value is -0.770. The second-order valence-electron chi connectivity index (χ2n) is 2.00. The highest BCUT2D eigenvalue weighted by Gasteiger charge is 1.86. The van der Waals surface area contributed by atoms with Crippen LogP contribution in [-0.2, 0) is 4.74 Å². The molecule has 0 aromatic rings. The number of rotatable bonds is 7. The van der Waals surface area contributed by atoms with Gasteiger partial charge in [0.2, 0.25) is 0 Å². The lowest BCUT2D eigenvalue weighted by atomic mass is 10.3. The van der Waals surface area contributed by atoms with Crippen LogP contribution in [0.25, 0.3) is 10.4 Å².